The lowest BCUT2D eigenvalue weighted by atomic mass is 9.88. The van der Waals surface area contributed by atoms with Crippen LogP contribution in [0.1, 0.15) is 66.2 Å². The summed E-state index contributed by atoms with van der Waals surface area (Å²) in [5, 5.41) is 11.8. The Hall–Kier alpha value is -1.82. The number of carboxylic acids is 1. The Morgan fingerprint density at radius 3 is 2.74 bits per heavy atom. The zero-order chi connectivity index (χ0) is 16.8. The van der Waals surface area contributed by atoms with Gasteiger partial charge in [0.1, 0.15) is 11.3 Å². The third-order valence-electron chi connectivity index (χ3n) is 4.34. The first-order chi connectivity index (χ1) is 11.0. The lowest BCUT2D eigenvalue weighted by Crippen LogP contribution is -2.31. The number of carbonyl (C=O) groups is 2. The molecule has 6 heteroatoms. The lowest BCUT2D eigenvalue weighted by molar-refractivity contribution is -0.00300. The minimum Gasteiger partial charge on any atom is -0.478 e. The number of rotatable bonds is 7. The van der Waals surface area contributed by atoms with Crippen LogP contribution >= 0.6 is 0 Å². The highest BCUT2D eigenvalue weighted by Crippen LogP contribution is 2.26. The minimum absolute atomic E-state index is 0.0327. The summed E-state index contributed by atoms with van der Waals surface area (Å²) in [6, 6.07) is 1.28. The molecule has 1 saturated carbocycles. The van der Waals surface area contributed by atoms with Gasteiger partial charge >= 0.3 is 5.97 Å². The van der Waals surface area contributed by atoms with Gasteiger partial charge in [-0.1, -0.05) is 26.7 Å². The Morgan fingerprint density at radius 2 is 2.13 bits per heavy atom. The van der Waals surface area contributed by atoms with E-state index in [0.29, 0.717) is 31.3 Å². The van der Waals surface area contributed by atoms with Crippen molar-refractivity contribution in [3.63, 3.8) is 0 Å². The summed E-state index contributed by atoms with van der Waals surface area (Å²) in [7, 11) is 0. The maximum Gasteiger partial charge on any atom is 0.339 e. The average molecular weight is 323 g/mol. The quantitative estimate of drug-likeness (QED) is 0.753. The molecular weight excluding hydrogens is 298 g/mol. The number of carbonyl (C=O) groups excluding carboxylic acids is 1. The van der Waals surface area contributed by atoms with E-state index in [4.69, 9.17) is 14.3 Å². The molecule has 0 bridgehead atoms. The van der Waals surface area contributed by atoms with Gasteiger partial charge in [-0.05, 0) is 18.8 Å². The van der Waals surface area contributed by atoms with Gasteiger partial charge in [-0.25, -0.2) is 4.79 Å². The number of hydrogen-bond acceptors (Lipinski definition) is 4. The zero-order valence-electron chi connectivity index (χ0n) is 13.8. The molecule has 0 aromatic carbocycles. The number of aryl methyl sites for hydroxylation is 1. The Morgan fingerprint density at radius 1 is 1.39 bits per heavy atom. The molecule has 1 aliphatic carbocycles. The number of amides is 1. The molecule has 1 aromatic heterocycles. The standard InChI is InChI=1S/C17H25NO5/c1-3-13-12(17(20)21)10-15(23-13)16(19)18-8-9-22-14-7-5-4-6-11(14)2/h10-11,14H,3-9H2,1-2H3,(H,18,19)(H,20,21). The third-order valence-corrected chi connectivity index (χ3v) is 4.34. The van der Waals surface area contributed by atoms with Crippen molar-refractivity contribution >= 4 is 11.9 Å². The van der Waals surface area contributed by atoms with Gasteiger partial charge in [0.15, 0.2) is 5.76 Å². The van der Waals surface area contributed by atoms with Gasteiger partial charge in [-0.3, -0.25) is 4.79 Å². The molecule has 1 amide bonds. The Kier molecular flexibility index (Phi) is 6.21. The second-order valence-electron chi connectivity index (χ2n) is 6.03. The van der Waals surface area contributed by atoms with Gasteiger partial charge in [0.25, 0.3) is 5.91 Å². The molecule has 23 heavy (non-hydrogen) atoms. The third kappa shape index (κ3) is 4.58. The van der Waals surface area contributed by atoms with Crippen molar-refractivity contribution in [3.8, 4) is 0 Å². The molecular formula is C17H25NO5. The first kappa shape index (κ1) is 17.5. The van der Waals surface area contributed by atoms with E-state index in [1.807, 2.05) is 0 Å². The molecule has 2 rings (SSSR count). The Bertz CT molecular complexity index is 551. The highest BCUT2D eigenvalue weighted by atomic mass is 16.5. The first-order valence-corrected chi connectivity index (χ1v) is 8.28. The molecule has 1 aromatic rings. The van der Waals surface area contributed by atoms with E-state index in [-0.39, 0.29) is 17.4 Å². The van der Waals surface area contributed by atoms with Gasteiger partial charge < -0.3 is 19.6 Å². The first-order valence-electron chi connectivity index (χ1n) is 8.28. The summed E-state index contributed by atoms with van der Waals surface area (Å²) in [5.41, 5.74) is 0.0462. The van der Waals surface area contributed by atoms with Crippen molar-refractivity contribution in [2.45, 2.75) is 52.1 Å². The number of aromatic carboxylic acids is 1. The summed E-state index contributed by atoms with van der Waals surface area (Å²) < 4.78 is 11.1. The van der Waals surface area contributed by atoms with Crippen LogP contribution in [0.2, 0.25) is 0 Å². The highest BCUT2D eigenvalue weighted by molar-refractivity contribution is 5.96. The van der Waals surface area contributed by atoms with Crippen molar-refractivity contribution in [3.05, 3.63) is 23.2 Å². The van der Waals surface area contributed by atoms with E-state index >= 15 is 0 Å². The molecule has 6 nitrogen and oxygen atoms in total. The Balaban J connectivity index is 1.79. The van der Waals surface area contributed by atoms with Crippen LogP contribution in [0.3, 0.4) is 0 Å². The van der Waals surface area contributed by atoms with E-state index in [2.05, 4.69) is 12.2 Å². The molecule has 0 spiro atoms. The maximum atomic E-state index is 12.0. The molecule has 2 atom stereocenters. The SMILES string of the molecule is CCc1oc(C(=O)NCCOC2CCCCC2C)cc1C(=O)O. The molecule has 2 N–H and O–H groups in total. The van der Waals surface area contributed by atoms with Crippen molar-refractivity contribution in [2.75, 3.05) is 13.2 Å². The second kappa shape index (κ2) is 8.15. The molecule has 0 radical (unpaired) electrons. The van der Waals surface area contributed by atoms with Crippen LogP contribution in [0, 0.1) is 5.92 Å². The minimum atomic E-state index is -1.08. The number of furan rings is 1. The van der Waals surface area contributed by atoms with E-state index in [1.165, 1.54) is 25.3 Å². The monoisotopic (exact) mass is 323 g/mol. The van der Waals surface area contributed by atoms with Crippen LogP contribution in [0.25, 0.3) is 0 Å². The maximum absolute atomic E-state index is 12.0. The van der Waals surface area contributed by atoms with Crippen molar-refractivity contribution in [1.29, 1.82) is 0 Å². The van der Waals surface area contributed by atoms with Crippen LogP contribution in [0.4, 0.5) is 0 Å². The number of carboxylic acid groups (broad SMARTS) is 1. The fourth-order valence-electron chi connectivity index (χ4n) is 2.98. The van der Waals surface area contributed by atoms with Crippen LogP contribution < -0.4 is 5.32 Å². The van der Waals surface area contributed by atoms with Gasteiger partial charge in [0.2, 0.25) is 0 Å². The molecule has 128 valence electrons. The molecule has 1 aliphatic rings. The summed E-state index contributed by atoms with van der Waals surface area (Å²) >= 11 is 0. The van der Waals surface area contributed by atoms with Crippen LogP contribution in [-0.2, 0) is 11.2 Å². The fourth-order valence-corrected chi connectivity index (χ4v) is 2.98. The second-order valence-corrected chi connectivity index (χ2v) is 6.03. The van der Waals surface area contributed by atoms with E-state index in [0.717, 1.165) is 6.42 Å². The van der Waals surface area contributed by atoms with Gasteiger partial charge in [-0.2, -0.15) is 0 Å². The van der Waals surface area contributed by atoms with Gasteiger partial charge in [0, 0.05) is 19.0 Å². The predicted molar refractivity (Wildman–Crippen MR) is 84.8 cm³/mol. The normalized spacial score (nSPS) is 21.1. The smallest absolute Gasteiger partial charge is 0.339 e. The Labute approximate surface area is 136 Å². The topological polar surface area (TPSA) is 88.8 Å². The highest BCUT2D eigenvalue weighted by Gasteiger charge is 2.22. The van der Waals surface area contributed by atoms with E-state index in [1.54, 1.807) is 6.92 Å². The van der Waals surface area contributed by atoms with Crippen LogP contribution in [-0.4, -0.2) is 36.2 Å². The fraction of sp³-hybridized carbons (Fsp3) is 0.647. The van der Waals surface area contributed by atoms with Crippen LogP contribution in [0.15, 0.2) is 10.5 Å². The summed E-state index contributed by atoms with van der Waals surface area (Å²) in [6.07, 6.45) is 5.44. The van der Waals surface area contributed by atoms with Crippen molar-refractivity contribution in [2.24, 2.45) is 5.92 Å². The van der Waals surface area contributed by atoms with Gasteiger partial charge in [0.05, 0.1) is 12.7 Å². The summed E-state index contributed by atoms with van der Waals surface area (Å²) in [5.74, 6) is -0.582. The number of nitrogens with one attached hydrogen (secondary N) is 1. The predicted octanol–water partition coefficient (Wildman–Crippen LogP) is 2.87. The molecule has 1 fully saturated rings. The average Bonchev–Trinajstić information content (AvgIpc) is 2.97. The molecule has 1 heterocycles. The largest absolute Gasteiger partial charge is 0.478 e. The van der Waals surface area contributed by atoms with E-state index in [9.17, 15) is 9.59 Å². The summed E-state index contributed by atoms with van der Waals surface area (Å²) in [4.78, 5) is 23.1. The van der Waals surface area contributed by atoms with Crippen LogP contribution in [0.5, 0.6) is 0 Å². The zero-order valence-corrected chi connectivity index (χ0v) is 13.8. The molecule has 2 unspecified atom stereocenters. The van der Waals surface area contributed by atoms with Gasteiger partial charge in [-0.15, -0.1) is 0 Å². The molecule has 0 aliphatic heterocycles. The van der Waals surface area contributed by atoms with Crippen molar-refractivity contribution < 1.29 is 23.8 Å². The number of hydrogen-bond donors (Lipinski definition) is 2. The lowest BCUT2D eigenvalue weighted by Gasteiger charge is -2.28. The summed E-state index contributed by atoms with van der Waals surface area (Å²) in [6.45, 7) is 4.82. The molecule has 0 saturated heterocycles. The number of ether oxygens (including phenoxy) is 1. The van der Waals surface area contributed by atoms with E-state index < -0.39 is 11.9 Å². The van der Waals surface area contributed by atoms with Crippen molar-refractivity contribution in [1.82, 2.24) is 5.32 Å².